The zero-order valence-corrected chi connectivity index (χ0v) is 7.24. The predicted octanol–water partition coefficient (Wildman–Crippen LogP) is -2.20. The molecular formula is C6H14ClNO4. The van der Waals surface area contributed by atoms with E-state index in [0.717, 1.165) is 0 Å². The standard InChI is InChI=1S/C6H13NO4.ClH/c8-2-3-1-4(9)5(10)6(11)7-3;/h3-11H,1-2H2;1H/t3-,4-,5+,6?;/m0./s1. The van der Waals surface area contributed by atoms with Gasteiger partial charge in [-0.25, -0.2) is 0 Å². The molecule has 0 spiro atoms. The van der Waals surface area contributed by atoms with Crippen LogP contribution in [0.3, 0.4) is 0 Å². The first-order valence-electron chi connectivity index (χ1n) is 3.56. The molecule has 0 aromatic heterocycles. The highest BCUT2D eigenvalue weighted by atomic mass is 35.5. The van der Waals surface area contributed by atoms with Crippen molar-refractivity contribution in [3.05, 3.63) is 0 Å². The quantitative estimate of drug-likeness (QED) is 0.331. The van der Waals surface area contributed by atoms with Crippen LogP contribution in [0.5, 0.6) is 0 Å². The lowest BCUT2D eigenvalue weighted by Crippen LogP contribution is -2.57. The van der Waals surface area contributed by atoms with Crippen LogP contribution in [0.25, 0.3) is 0 Å². The molecule has 1 aliphatic heterocycles. The van der Waals surface area contributed by atoms with Gasteiger partial charge in [0.15, 0.2) is 0 Å². The van der Waals surface area contributed by atoms with Crippen molar-refractivity contribution in [2.75, 3.05) is 6.61 Å². The third-order valence-electron chi connectivity index (χ3n) is 1.87. The molecule has 1 fully saturated rings. The molecule has 0 amide bonds. The number of rotatable bonds is 1. The minimum atomic E-state index is -1.15. The van der Waals surface area contributed by atoms with Crippen molar-refractivity contribution in [3.8, 4) is 0 Å². The molecule has 1 aliphatic rings. The van der Waals surface area contributed by atoms with Gasteiger partial charge >= 0.3 is 0 Å². The van der Waals surface area contributed by atoms with E-state index in [1.165, 1.54) is 0 Å². The van der Waals surface area contributed by atoms with Crippen LogP contribution < -0.4 is 5.32 Å². The molecular weight excluding hydrogens is 186 g/mol. The van der Waals surface area contributed by atoms with E-state index in [0.29, 0.717) is 0 Å². The fourth-order valence-corrected chi connectivity index (χ4v) is 1.18. The van der Waals surface area contributed by atoms with E-state index in [1.54, 1.807) is 0 Å². The summed E-state index contributed by atoms with van der Waals surface area (Å²) in [6.07, 6.45) is -2.99. The number of hydrogen-bond acceptors (Lipinski definition) is 5. The molecule has 5 N–H and O–H groups in total. The first-order chi connectivity index (χ1) is 5.15. The summed E-state index contributed by atoms with van der Waals surface area (Å²) in [6.45, 7) is -0.152. The molecule has 6 heteroatoms. The number of aliphatic hydroxyl groups is 4. The van der Waals surface area contributed by atoms with Crippen LogP contribution in [0, 0.1) is 0 Å². The molecule has 0 aromatic carbocycles. The van der Waals surface area contributed by atoms with Crippen molar-refractivity contribution < 1.29 is 20.4 Å². The molecule has 74 valence electrons. The number of halogens is 1. The third kappa shape index (κ3) is 2.55. The Labute approximate surface area is 76.4 Å². The largest absolute Gasteiger partial charge is 0.395 e. The Bertz CT molecular complexity index is 125. The Morgan fingerprint density at radius 3 is 2.25 bits per heavy atom. The highest BCUT2D eigenvalue weighted by Crippen LogP contribution is 2.12. The van der Waals surface area contributed by atoms with Gasteiger partial charge in [-0.2, -0.15) is 0 Å². The van der Waals surface area contributed by atoms with E-state index in [2.05, 4.69) is 5.32 Å². The zero-order chi connectivity index (χ0) is 8.43. The second-order valence-electron chi connectivity index (χ2n) is 2.78. The van der Waals surface area contributed by atoms with Gasteiger partial charge in [0.1, 0.15) is 12.3 Å². The van der Waals surface area contributed by atoms with Crippen molar-refractivity contribution in [2.24, 2.45) is 0 Å². The maximum atomic E-state index is 9.09. The van der Waals surface area contributed by atoms with Gasteiger partial charge in [0.25, 0.3) is 0 Å². The van der Waals surface area contributed by atoms with Crippen molar-refractivity contribution in [1.29, 1.82) is 0 Å². The summed E-state index contributed by atoms with van der Waals surface area (Å²) >= 11 is 0. The second kappa shape index (κ2) is 4.96. The predicted molar refractivity (Wildman–Crippen MR) is 43.9 cm³/mol. The van der Waals surface area contributed by atoms with Crippen molar-refractivity contribution >= 4 is 12.4 Å². The Balaban J connectivity index is 0.00000121. The van der Waals surface area contributed by atoms with E-state index < -0.39 is 18.4 Å². The summed E-state index contributed by atoms with van der Waals surface area (Å²) in [5.41, 5.74) is 0. The highest BCUT2D eigenvalue weighted by molar-refractivity contribution is 5.85. The molecule has 1 heterocycles. The maximum Gasteiger partial charge on any atom is 0.133 e. The van der Waals surface area contributed by atoms with Crippen molar-refractivity contribution in [3.63, 3.8) is 0 Å². The third-order valence-corrected chi connectivity index (χ3v) is 1.87. The summed E-state index contributed by atoms with van der Waals surface area (Å²) in [7, 11) is 0. The first kappa shape index (κ1) is 12.1. The van der Waals surface area contributed by atoms with Gasteiger partial charge < -0.3 is 20.4 Å². The molecule has 5 nitrogen and oxygen atoms in total. The lowest BCUT2D eigenvalue weighted by Gasteiger charge is -2.34. The van der Waals surface area contributed by atoms with Crippen LogP contribution in [0.2, 0.25) is 0 Å². The van der Waals surface area contributed by atoms with E-state index in [4.69, 9.17) is 20.4 Å². The molecule has 1 rings (SSSR count). The van der Waals surface area contributed by atoms with Gasteiger partial charge in [-0.15, -0.1) is 12.4 Å². The summed E-state index contributed by atoms with van der Waals surface area (Å²) in [5, 5.41) is 38.3. The van der Waals surface area contributed by atoms with Crippen LogP contribution in [-0.2, 0) is 0 Å². The van der Waals surface area contributed by atoms with Gasteiger partial charge in [0.2, 0.25) is 0 Å². The molecule has 1 unspecified atom stereocenters. The highest BCUT2D eigenvalue weighted by Gasteiger charge is 2.33. The molecule has 0 radical (unpaired) electrons. The number of piperidine rings is 1. The molecule has 0 saturated carbocycles. The fraction of sp³-hybridized carbons (Fsp3) is 1.00. The topological polar surface area (TPSA) is 93.0 Å². The number of aliphatic hydroxyl groups excluding tert-OH is 4. The lowest BCUT2D eigenvalue weighted by atomic mass is 9.99. The summed E-state index contributed by atoms with van der Waals surface area (Å²) in [4.78, 5) is 0. The Kier molecular flexibility index (Phi) is 5.00. The van der Waals surface area contributed by atoms with E-state index in [-0.39, 0.29) is 31.5 Å². The average Bonchev–Trinajstić information content (AvgIpc) is 1.99. The summed E-state index contributed by atoms with van der Waals surface area (Å²) in [5.74, 6) is 0. The van der Waals surface area contributed by atoms with Crippen molar-refractivity contribution in [2.45, 2.75) is 30.9 Å². The summed E-state index contributed by atoms with van der Waals surface area (Å²) < 4.78 is 0. The smallest absolute Gasteiger partial charge is 0.133 e. The fourth-order valence-electron chi connectivity index (χ4n) is 1.18. The van der Waals surface area contributed by atoms with Crippen LogP contribution in [0.15, 0.2) is 0 Å². The monoisotopic (exact) mass is 199 g/mol. The molecule has 4 atom stereocenters. The van der Waals surface area contributed by atoms with E-state index in [9.17, 15) is 0 Å². The van der Waals surface area contributed by atoms with Gasteiger partial charge in [0, 0.05) is 6.04 Å². The van der Waals surface area contributed by atoms with Crippen LogP contribution in [0.4, 0.5) is 0 Å². The van der Waals surface area contributed by atoms with Gasteiger partial charge in [-0.3, -0.25) is 5.32 Å². The van der Waals surface area contributed by atoms with E-state index >= 15 is 0 Å². The van der Waals surface area contributed by atoms with Gasteiger partial charge in [0.05, 0.1) is 12.7 Å². The molecule has 0 aromatic rings. The minimum Gasteiger partial charge on any atom is -0.395 e. The zero-order valence-electron chi connectivity index (χ0n) is 6.42. The van der Waals surface area contributed by atoms with Crippen LogP contribution >= 0.6 is 12.4 Å². The molecule has 0 bridgehead atoms. The van der Waals surface area contributed by atoms with Crippen LogP contribution in [0.1, 0.15) is 6.42 Å². The van der Waals surface area contributed by atoms with Gasteiger partial charge in [-0.1, -0.05) is 0 Å². The van der Waals surface area contributed by atoms with E-state index in [1.807, 2.05) is 0 Å². The maximum absolute atomic E-state index is 9.09. The Morgan fingerprint density at radius 1 is 1.25 bits per heavy atom. The summed E-state index contributed by atoms with van der Waals surface area (Å²) in [6, 6.07) is -0.330. The first-order valence-corrected chi connectivity index (χ1v) is 3.56. The average molecular weight is 200 g/mol. The minimum absolute atomic E-state index is 0. The number of hydrogen-bond donors (Lipinski definition) is 5. The van der Waals surface area contributed by atoms with Crippen molar-refractivity contribution in [1.82, 2.24) is 5.32 Å². The molecule has 12 heavy (non-hydrogen) atoms. The van der Waals surface area contributed by atoms with Gasteiger partial charge in [-0.05, 0) is 6.42 Å². The number of nitrogens with one attached hydrogen (secondary N) is 1. The SMILES string of the molecule is Cl.OC[C@@H]1C[C@H](O)[C@@H](O)C(O)N1. The Hall–Kier alpha value is 0.0900. The normalized spacial score (nSPS) is 42.0. The molecule has 0 aliphatic carbocycles. The molecule has 1 saturated heterocycles. The Morgan fingerprint density at radius 2 is 1.83 bits per heavy atom. The second-order valence-corrected chi connectivity index (χ2v) is 2.78. The van der Waals surface area contributed by atoms with Crippen LogP contribution in [-0.4, -0.2) is 51.5 Å². The lowest BCUT2D eigenvalue weighted by molar-refractivity contribution is -0.109.